The molecule has 9 heteroatoms. The zero-order valence-electron chi connectivity index (χ0n) is 37.7. The van der Waals surface area contributed by atoms with Crippen LogP contribution in [0, 0.1) is 0 Å². The Morgan fingerprint density at radius 2 is 0.879 bits per heavy atom. The van der Waals surface area contributed by atoms with E-state index in [1.54, 1.807) is 6.92 Å². The summed E-state index contributed by atoms with van der Waals surface area (Å²) in [5.41, 5.74) is 0. The standard InChI is InChI=1S/C49H89O8P/c1-4-7-9-11-13-15-17-19-21-22-23-24-25-26-27-28-30-31-33-35-37-39-41-43-48(50)54-45-47(46-56-58(52,53)55-6-3)57-49(51)44-42-40-38-36-34-32-29-20-18-16-14-12-10-8-5-2/h8,10,14,16,20,22-23,29,47H,4-7,9,11-13,15,17-19,21,24-28,30-46H2,1-3H3,(H,52,53)/b10-8-,16-14-,23-22-,29-20-. The molecule has 0 rings (SSSR count). The molecule has 8 nitrogen and oxygen atoms in total. The lowest BCUT2D eigenvalue weighted by Gasteiger charge is -2.19. The van der Waals surface area contributed by atoms with Gasteiger partial charge in [0.25, 0.3) is 0 Å². The molecule has 0 aromatic rings. The number of hydrogen-bond acceptors (Lipinski definition) is 7. The number of esters is 2. The summed E-state index contributed by atoms with van der Waals surface area (Å²) in [6.45, 7) is 5.36. The summed E-state index contributed by atoms with van der Waals surface area (Å²) in [7, 11) is -4.29. The van der Waals surface area contributed by atoms with Crippen LogP contribution in [0.15, 0.2) is 48.6 Å². The fourth-order valence-corrected chi connectivity index (χ4v) is 7.39. The van der Waals surface area contributed by atoms with E-state index in [0.717, 1.165) is 70.6 Å². The molecule has 338 valence electrons. The lowest BCUT2D eigenvalue weighted by Crippen LogP contribution is -2.29. The van der Waals surface area contributed by atoms with Crippen molar-refractivity contribution in [1.82, 2.24) is 0 Å². The molecule has 1 N–H and O–H groups in total. The van der Waals surface area contributed by atoms with E-state index in [4.69, 9.17) is 18.5 Å². The van der Waals surface area contributed by atoms with E-state index in [0.29, 0.717) is 6.42 Å². The van der Waals surface area contributed by atoms with Gasteiger partial charge in [0, 0.05) is 12.8 Å². The molecule has 2 atom stereocenters. The number of carbonyl (C=O) groups is 2. The van der Waals surface area contributed by atoms with Gasteiger partial charge in [-0.2, -0.15) is 0 Å². The number of phosphoric ester groups is 1. The van der Waals surface area contributed by atoms with Gasteiger partial charge in [0.1, 0.15) is 6.61 Å². The maximum absolute atomic E-state index is 12.6. The van der Waals surface area contributed by atoms with Crippen LogP contribution in [0.2, 0.25) is 0 Å². The molecule has 2 unspecified atom stereocenters. The van der Waals surface area contributed by atoms with Gasteiger partial charge in [0.15, 0.2) is 6.10 Å². The zero-order chi connectivity index (χ0) is 42.5. The van der Waals surface area contributed by atoms with Crippen LogP contribution >= 0.6 is 7.82 Å². The average molecular weight is 837 g/mol. The quantitative estimate of drug-likeness (QED) is 0.0280. The normalized spacial score (nSPS) is 13.7. The second kappa shape index (κ2) is 44.6. The third-order valence-electron chi connectivity index (χ3n) is 10.1. The minimum absolute atomic E-state index is 0.00418. The van der Waals surface area contributed by atoms with Crippen molar-refractivity contribution in [3.63, 3.8) is 0 Å². The lowest BCUT2D eigenvalue weighted by molar-refractivity contribution is -0.161. The number of hydrogen-bond donors (Lipinski definition) is 1. The minimum atomic E-state index is -4.29. The molecule has 0 amide bonds. The summed E-state index contributed by atoms with van der Waals surface area (Å²) in [6.07, 6.45) is 53.2. The molecular weight excluding hydrogens is 748 g/mol. The Bertz CT molecular complexity index is 1080. The predicted octanol–water partition coefficient (Wildman–Crippen LogP) is 15.3. The monoisotopic (exact) mass is 837 g/mol. The van der Waals surface area contributed by atoms with Crippen molar-refractivity contribution in [1.29, 1.82) is 0 Å². The summed E-state index contributed by atoms with van der Waals surface area (Å²) in [6, 6.07) is 0. The second-order valence-corrected chi connectivity index (χ2v) is 17.2. The molecule has 0 saturated heterocycles. The van der Waals surface area contributed by atoms with E-state index in [-0.39, 0.29) is 32.0 Å². The summed E-state index contributed by atoms with van der Waals surface area (Å²) < 4.78 is 32.7. The average Bonchev–Trinajstić information content (AvgIpc) is 3.20. The van der Waals surface area contributed by atoms with Crippen molar-refractivity contribution >= 4 is 19.8 Å². The highest BCUT2D eigenvalue weighted by Crippen LogP contribution is 2.43. The number of phosphoric acid groups is 1. The Labute approximate surface area is 357 Å². The Morgan fingerprint density at radius 1 is 0.483 bits per heavy atom. The summed E-state index contributed by atoms with van der Waals surface area (Å²) in [5.74, 6) is -0.814. The maximum Gasteiger partial charge on any atom is 0.472 e. The van der Waals surface area contributed by atoms with Gasteiger partial charge in [-0.05, 0) is 77.6 Å². The molecule has 0 aromatic carbocycles. The Hall–Kier alpha value is -1.99. The van der Waals surface area contributed by atoms with Crippen LogP contribution in [0.5, 0.6) is 0 Å². The van der Waals surface area contributed by atoms with Crippen molar-refractivity contribution in [2.45, 2.75) is 232 Å². The SMILES string of the molecule is CC/C=C\C/C=C\C/C=C\CCCCCCCC(=O)OC(COC(=O)CCCCCCCCCCCCC/C=C\CCCCCCCCCC)COP(=O)(O)OCC. The predicted molar refractivity (Wildman–Crippen MR) is 244 cm³/mol. The Morgan fingerprint density at radius 3 is 1.34 bits per heavy atom. The molecule has 0 spiro atoms. The van der Waals surface area contributed by atoms with E-state index in [1.807, 2.05) is 0 Å². The Kier molecular flexibility index (Phi) is 43.0. The molecule has 58 heavy (non-hydrogen) atoms. The van der Waals surface area contributed by atoms with Gasteiger partial charge in [-0.15, -0.1) is 0 Å². The van der Waals surface area contributed by atoms with Gasteiger partial charge in [-0.1, -0.05) is 184 Å². The molecule has 0 aliphatic carbocycles. The third kappa shape index (κ3) is 43.6. The summed E-state index contributed by atoms with van der Waals surface area (Å²) in [5, 5.41) is 0. The number of unbranched alkanes of at least 4 members (excludes halogenated alkanes) is 24. The van der Waals surface area contributed by atoms with Gasteiger partial charge in [-0.3, -0.25) is 18.6 Å². The Balaban J connectivity index is 3.99. The number of ether oxygens (including phenoxy) is 2. The lowest BCUT2D eigenvalue weighted by atomic mass is 10.0. The maximum atomic E-state index is 12.6. The fraction of sp³-hybridized carbons (Fsp3) is 0.796. The van der Waals surface area contributed by atoms with Crippen molar-refractivity contribution in [2.75, 3.05) is 19.8 Å². The number of allylic oxidation sites excluding steroid dienone is 8. The topological polar surface area (TPSA) is 108 Å². The van der Waals surface area contributed by atoms with Gasteiger partial charge in [0.2, 0.25) is 0 Å². The van der Waals surface area contributed by atoms with Crippen LogP contribution in [0.1, 0.15) is 226 Å². The van der Waals surface area contributed by atoms with Crippen molar-refractivity contribution in [3.8, 4) is 0 Å². The smallest absolute Gasteiger partial charge is 0.462 e. The second-order valence-electron chi connectivity index (χ2n) is 15.7. The molecule has 0 bridgehead atoms. The van der Waals surface area contributed by atoms with Crippen LogP contribution < -0.4 is 0 Å². The molecule has 0 saturated carbocycles. The molecule has 0 radical (unpaired) electrons. The molecule has 0 aliphatic heterocycles. The molecule has 0 aliphatic rings. The van der Waals surface area contributed by atoms with Crippen molar-refractivity contribution in [3.05, 3.63) is 48.6 Å². The first-order chi connectivity index (χ1) is 28.3. The molecule has 0 fully saturated rings. The van der Waals surface area contributed by atoms with E-state index >= 15 is 0 Å². The van der Waals surface area contributed by atoms with Crippen molar-refractivity contribution < 1.29 is 37.6 Å². The van der Waals surface area contributed by atoms with E-state index in [9.17, 15) is 19.0 Å². The van der Waals surface area contributed by atoms with Gasteiger partial charge < -0.3 is 14.4 Å². The summed E-state index contributed by atoms with van der Waals surface area (Å²) >= 11 is 0. The minimum Gasteiger partial charge on any atom is -0.462 e. The highest BCUT2D eigenvalue weighted by atomic mass is 31.2. The van der Waals surface area contributed by atoms with Gasteiger partial charge in [0.05, 0.1) is 13.2 Å². The van der Waals surface area contributed by atoms with Crippen LogP contribution in [0.3, 0.4) is 0 Å². The highest BCUT2D eigenvalue weighted by molar-refractivity contribution is 7.47. The fourth-order valence-electron chi connectivity index (χ4n) is 6.64. The first-order valence-electron chi connectivity index (χ1n) is 23.9. The van der Waals surface area contributed by atoms with Crippen LogP contribution in [-0.4, -0.2) is 42.8 Å². The summed E-state index contributed by atoms with van der Waals surface area (Å²) in [4.78, 5) is 34.8. The van der Waals surface area contributed by atoms with Crippen LogP contribution in [-0.2, 0) is 32.7 Å². The largest absolute Gasteiger partial charge is 0.472 e. The van der Waals surface area contributed by atoms with Gasteiger partial charge in [-0.25, -0.2) is 4.57 Å². The van der Waals surface area contributed by atoms with E-state index in [2.05, 4.69) is 62.5 Å². The number of rotatable bonds is 44. The zero-order valence-corrected chi connectivity index (χ0v) is 38.6. The van der Waals surface area contributed by atoms with Crippen LogP contribution in [0.4, 0.5) is 0 Å². The van der Waals surface area contributed by atoms with E-state index in [1.165, 1.54) is 116 Å². The molecule has 0 heterocycles. The molecular formula is C49H89O8P. The highest BCUT2D eigenvalue weighted by Gasteiger charge is 2.25. The van der Waals surface area contributed by atoms with Gasteiger partial charge >= 0.3 is 19.8 Å². The first kappa shape index (κ1) is 56.0. The molecule has 0 aromatic heterocycles. The van der Waals surface area contributed by atoms with Crippen molar-refractivity contribution in [2.24, 2.45) is 0 Å². The number of carbonyl (C=O) groups excluding carboxylic acids is 2. The third-order valence-corrected chi connectivity index (χ3v) is 11.2. The van der Waals surface area contributed by atoms with E-state index < -0.39 is 26.5 Å². The first-order valence-corrected chi connectivity index (χ1v) is 25.4. The van der Waals surface area contributed by atoms with Crippen LogP contribution in [0.25, 0.3) is 0 Å².